The molecule has 3 aromatic rings. The van der Waals surface area contributed by atoms with Crippen molar-refractivity contribution in [3.8, 4) is 0 Å². The molecule has 1 aromatic heterocycles. The Morgan fingerprint density at radius 3 is 2.60 bits per heavy atom. The minimum Gasteiger partial charge on any atom is -0.461 e. The third kappa shape index (κ3) is 2.87. The van der Waals surface area contributed by atoms with Gasteiger partial charge >= 0.3 is 5.97 Å². The van der Waals surface area contributed by atoms with Crippen LogP contribution in [0.2, 0.25) is 0 Å². The van der Waals surface area contributed by atoms with Crippen molar-refractivity contribution in [2.75, 3.05) is 6.61 Å². The van der Waals surface area contributed by atoms with Gasteiger partial charge in [0.1, 0.15) is 5.69 Å². The Hall–Kier alpha value is -3.15. The Labute approximate surface area is 144 Å². The summed E-state index contributed by atoms with van der Waals surface area (Å²) in [5.74, 6) is -0.404. The minimum atomic E-state index is -0.410. The molecule has 0 aliphatic heterocycles. The van der Waals surface area contributed by atoms with Gasteiger partial charge in [0, 0.05) is 23.8 Å². The number of allylic oxidation sites excluding steroid dienone is 1. The lowest BCUT2D eigenvalue weighted by Crippen LogP contribution is -2.06. The van der Waals surface area contributed by atoms with Crippen molar-refractivity contribution in [3.05, 3.63) is 63.0 Å². The first-order valence-electron chi connectivity index (χ1n) is 7.97. The van der Waals surface area contributed by atoms with Gasteiger partial charge in [-0.05, 0) is 36.4 Å². The first-order chi connectivity index (χ1) is 11.9. The van der Waals surface area contributed by atoms with Crippen LogP contribution in [-0.2, 0) is 4.74 Å². The van der Waals surface area contributed by atoms with E-state index in [1.54, 1.807) is 13.0 Å². The first kappa shape index (κ1) is 16.7. The van der Waals surface area contributed by atoms with Crippen LogP contribution >= 0.6 is 0 Å². The van der Waals surface area contributed by atoms with E-state index >= 15 is 0 Å². The lowest BCUT2D eigenvalue weighted by atomic mass is 9.99. The van der Waals surface area contributed by atoms with Gasteiger partial charge in [0.15, 0.2) is 0 Å². The number of nitrogens with one attached hydrogen (secondary N) is 1. The van der Waals surface area contributed by atoms with Gasteiger partial charge in [-0.1, -0.05) is 24.3 Å². The van der Waals surface area contributed by atoms with Crippen LogP contribution < -0.4 is 0 Å². The summed E-state index contributed by atoms with van der Waals surface area (Å²) in [6.45, 7) is 5.36. The Balaban J connectivity index is 2.35. The van der Waals surface area contributed by atoms with Gasteiger partial charge in [-0.15, -0.1) is 0 Å². The van der Waals surface area contributed by atoms with Crippen molar-refractivity contribution >= 4 is 33.7 Å². The zero-order valence-corrected chi connectivity index (χ0v) is 14.3. The maximum Gasteiger partial charge on any atom is 0.355 e. The molecule has 3 rings (SSSR count). The Morgan fingerprint density at radius 2 is 1.96 bits per heavy atom. The van der Waals surface area contributed by atoms with Crippen LogP contribution in [0.4, 0.5) is 0 Å². The molecule has 0 aliphatic carbocycles. The van der Waals surface area contributed by atoms with Gasteiger partial charge in [0.25, 0.3) is 0 Å². The summed E-state index contributed by atoms with van der Waals surface area (Å²) in [5, 5.41) is 13.6. The van der Waals surface area contributed by atoms with E-state index in [4.69, 9.17) is 4.74 Å². The number of benzene rings is 2. The third-order valence-corrected chi connectivity index (χ3v) is 4.24. The molecule has 6 nitrogen and oxygen atoms in total. The number of rotatable bonds is 4. The first-order valence-corrected chi connectivity index (χ1v) is 7.97. The van der Waals surface area contributed by atoms with Gasteiger partial charge in [-0.2, -0.15) is 0 Å². The summed E-state index contributed by atoms with van der Waals surface area (Å²) in [7, 11) is 0. The molecule has 1 heterocycles. The Morgan fingerprint density at radius 1 is 1.28 bits per heavy atom. The largest absolute Gasteiger partial charge is 0.461 e. The predicted molar refractivity (Wildman–Crippen MR) is 97.1 cm³/mol. The lowest BCUT2D eigenvalue weighted by Gasteiger charge is -2.05. The number of hydrogen-bond acceptors (Lipinski definition) is 4. The summed E-state index contributed by atoms with van der Waals surface area (Å²) in [4.78, 5) is 25.9. The van der Waals surface area contributed by atoms with Gasteiger partial charge in [0.2, 0.25) is 5.70 Å². The molecule has 2 aromatic carbocycles. The van der Waals surface area contributed by atoms with E-state index in [2.05, 4.69) is 4.98 Å². The highest BCUT2D eigenvalue weighted by molar-refractivity contribution is 6.12. The summed E-state index contributed by atoms with van der Waals surface area (Å²) >= 11 is 0. The van der Waals surface area contributed by atoms with E-state index < -0.39 is 10.9 Å². The van der Waals surface area contributed by atoms with Crippen molar-refractivity contribution in [1.29, 1.82) is 0 Å². The second-order valence-corrected chi connectivity index (χ2v) is 5.82. The molecule has 0 spiro atoms. The monoisotopic (exact) mass is 338 g/mol. The van der Waals surface area contributed by atoms with E-state index in [9.17, 15) is 14.9 Å². The number of aromatic nitrogens is 1. The van der Waals surface area contributed by atoms with Gasteiger partial charge in [0.05, 0.1) is 17.0 Å². The van der Waals surface area contributed by atoms with Crippen LogP contribution in [0.5, 0.6) is 0 Å². The molecule has 0 fully saturated rings. The SMILES string of the molecule is CCOC(=O)c1[nH]c2c(cc(/C=C(/C)[N+](=O)[O-])c3ccccc32)c1C. The lowest BCUT2D eigenvalue weighted by molar-refractivity contribution is -0.422. The van der Waals surface area contributed by atoms with E-state index in [0.29, 0.717) is 12.3 Å². The van der Waals surface area contributed by atoms with Crippen LogP contribution in [0, 0.1) is 17.0 Å². The van der Waals surface area contributed by atoms with Crippen molar-refractivity contribution < 1.29 is 14.5 Å². The number of carbonyl (C=O) groups is 1. The van der Waals surface area contributed by atoms with E-state index in [1.165, 1.54) is 6.92 Å². The summed E-state index contributed by atoms with van der Waals surface area (Å²) in [5.41, 5.74) is 2.81. The van der Waals surface area contributed by atoms with Gasteiger partial charge in [-0.25, -0.2) is 4.79 Å². The average molecular weight is 338 g/mol. The Bertz CT molecular complexity index is 1030. The van der Waals surface area contributed by atoms with E-state index in [1.807, 2.05) is 37.3 Å². The van der Waals surface area contributed by atoms with Crippen LogP contribution in [0.15, 0.2) is 36.0 Å². The maximum absolute atomic E-state index is 12.2. The summed E-state index contributed by atoms with van der Waals surface area (Å²) < 4.78 is 5.11. The number of ether oxygens (including phenoxy) is 1. The molecule has 0 aliphatic rings. The number of carbonyl (C=O) groups excluding carboxylic acids is 1. The molecule has 1 N–H and O–H groups in total. The minimum absolute atomic E-state index is 0.0586. The fraction of sp³-hybridized carbons (Fsp3) is 0.211. The average Bonchev–Trinajstić information content (AvgIpc) is 2.92. The predicted octanol–water partition coefficient (Wildman–Crippen LogP) is 4.44. The van der Waals surface area contributed by atoms with Crippen molar-refractivity contribution in [2.45, 2.75) is 20.8 Å². The molecule has 128 valence electrons. The quantitative estimate of drug-likeness (QED) is 0.433. The molecule has 0 unspecified atom stereocenters. The molecule has 0 amide bonds. The highest BCUT2D eigenvalue weighted by Crippen LogP contribution is 2.33. The number of nitrogens with zero attached hydrogens (tertiary/aromatic N) is 1. The smallest absolute Gasteiger partial charge is 0.355 e. The van der Waals surface area contributed by atoms with Crippen molar-refractivity contribution in [3.63, 3.8) is 0 Å². The molecule has 0 saturated heterocycles. The maximum atomic E-state index is 12.2. The highest BCUT2D eigenvalue weighted by atomic mass is 16.6. The van der Waals surface area contributed by atoms with E-state index in [0.717, 1.165) is 32.8 Å². The molecule has 0 atom stereocenters. The summed E-state index contributed by atoms with van der Waals surface area (Å²) in [6, 6.07) is 9.50. The highest BCUT2D eigenvalue weighted by Gasteiger charge is 2.18. The normalized spacial score (nSPS) is 11.9. The number of hydrogen-bond donors (Lipinski definition) is 1. The van der Waals surface area contributed by atoms with Crippen LogP contribution in [0.1, 0.15) is 35.5 Å². The van der Waals surface area contributed by atoms with Gasteiger partial charge < -0.3 is 9.72 Å². The van der Waals surface area contributed by atoms with E-state index in [-0.39, 0.29) is 5.70 Å². The second-order valence-electron chi connectivity index (χ2n) is 5.82. The Kier molecular flexibility index (Phi) is 4.27. The topological polar surface area (TPSA) is 85.2 Å². The molecular weight excluding hydrogens is 320 g/mol. The number of aryl methyl sites for hydroxylation is 1. The molecule has 6 heteroatoms. The molecule has 0 bridgehead atoms. The second kappa shape index (κ2) is 6.39. The molecule has 25 heavy (non-hydrogen) atoms. The molecule has 0 saturated carbocycles. The fourth-order valence-corrected chi connectivity index (χ4v) is 2.99. The zero-order chi connectivity index (χ0) is 18.1. The van der Waals surface area contributed by atoms with Crippen LogP contribution in [0.25, 0.3) is 27.8 Å². The zero-order valence-electron chi connectivity index (χ0n) is 14.3. The molecule has 0 radical (unpaired) electrons. The number of nitro groups is 1. The third-order valence-electron chi connectivity index (χ3n) is 4.24. The standard InChI is InChI=1S/C19H18N2O4/c1-4-25-19(22)17-12(3)16-10-13(9-11(2)21(23)24)14-7-5-6-8-15(14)18(16)20-17/h5-10,20H,4H2,1-3H3/b11-9-. The van der Waals surface area contributed by atoms with Crippen molar-refractivity contribution in [1.82, 2.24) is 4.98 Å². The van der Waals surface area contributed by atoms with Crippen LogP contribution in [-0.4, -0.2) is 22.5 Å². The number of fused-ring (bicyclic) bond motifs is 3. The number of aromatic amines is 1. The number of esters is 1. The van der Waals surface area contributed by atoms with Crippen LogP contribution in [0.3, 0.4) is 0 Å². The summed E-state index contributed by atoms with van der Waals surface area (Å²) in [6.07, 6.45) is 1.55. The number of H-pyrrole nitrogens is 1. The molecular formula is C19H18N2O4. The fourth-order valence-electron chi connectivity index (χ4n) is 2.99. The van der Waals surface area contributed by atoms with Crippen molar-refractivity contribution in [2.24, 2.45) is 0 Å². The van der Waals surface area contributed by atoms with Gasteiger partial charge in [-0.3, -0.25) is 10.1 Å².